The molecule has 0 aromatic heterocycles. The van der Waals surface area contributed by atoms with Crippen molar-refractivity contribution in [2.75, 3.05) is 0 Å². The van der Waals surface area contributed by atoms with Gasteiger partial charge < -0.3 is 0 Å². The second-order valence-corrected chi connectivity index (χ2v) is 21.3. The van der Waals surface area contributed by atoms with Gasteiger partial charge in [0.05, 0.1) is 0 Å². The fourth-order valence-corrected chi connectivity index (χ4v) is 13.2. The third-order valence-electron chi connectivity index (χ3n) is 7.90. The van der Waals surface area contributed by atoms with Crippen LogP contribution in [0.15, 0.2) is 51.3 Å². The first kappa shape index (κ1) is 32.5. The third-order valence-corrected chi connectivity index (χ3v) is 15.7. The van der Waals surface area contributed by atoms with Gasteiger partial charge in [0.25, 0.3) is 0 Å². The van der Waals surface area contributed by atoms with Crippen LogP contribution in [0.2, 0.25) is 0 Å². The zero-order chi connectivity index (χ0) is 26.1. The number of hydrogen-bond acceptors (Lipinski definition) is 0. The van der Waals surface area contributed by atoms with E-state index in [-0.39, 0.29) is 41.1 Å². The predicted molar refractivity (Wildman–Crippen MR) is 167 cm³/mol. The molecule has 0 heterocycles. The Kier molecular flexibility index (Phi) is 9.67. The summed E-state index contributed by atoms with van der Waals surface area (Å²) in [6.45, 7) is 28.5. The normalized spacial score (nSPS) is 16.7. The molecule has 0 N–H and O–H groups in total. The van der Waals surface area contributed by atoms with Crippen LogP contribution in [0.4, 0.5) is 0 Å². The molecule has 0 fully saturated rings. The zero-order valence-corrected chi connectivity index (χ0v) is 29.2. The van der Waals surface area contributed by atoms with E-state index in [2.05, 4.69) is 126 Å². The molecule has 0 saturated carbocycles. The fourth-order valence-electron chi connectivity index (χ4n) is 5.58. The van der Waals surface area contributed by atoms with Crippen LogP contribution in [0.25, 0.3) is 11.1 Å². The molecule has 0 aliphatic heterocycles. The monoisotopic (exact) mass is 616 g/mol. The molecule has 3 heteroatoms. The van der Waals surface area contributed by atoms with Crippen molar-refractivity contribution < 1.29 is 21.3 Å². The van der Waals surface area contributed by atoms with Gasteiger partial charge in [-0.2, -0.15) is 0 Å². The Hall–Kier alpha value is -0.747. The molecular weight excluding hydrogens is 571 g/mol. The molecule has 202 valence electrons. The third kappa shape index (κ3) is 6.37. The van der Waals surface area contributed by atoms with Gasteiger partial charge in [0.2, 0.25) is 0 Å². The Labute approximate surface area is 247 Å². The van der Waals surface area contributed by atoms with Gasteiger partial charge in [-0.05, 0) is 0 Å². The van der Waals surface area contributed by atoms with E-state index in [0.717, 1.165) is 6.42 Å². The van der Waals surface area contributed by atoms with Crippen molar-refractivity contribution in [3.05, 3.63) is 73.6 Å². The molecule has 0 bridgehead atoms. The minimum atomic E-state index is -2.25. The van der Waals surface area contributed by atoms with E-state index in [1.54, 1.807) is 15.3 Å². The van der Waals surface area contributed by atoms with Crippen molar-refractivity contribution in [3.63, 3.8) is 0 Å². The maximum Gasteiger partial charge on any atom is -0.147 e. The number of halogens is 2. The number of allylic oxidation sites excluding steroid dienone is 4. The van der Waals surface area contributed by atoms with Crippen LogP contribution < -0.4 is 3.27 Å². The van der Waals surface area contributed by atoms with E-state index in [1.807, 2.05) is 0 Å². The molecule has 0 radical (unpaired) electrons. The molecule has 2 aliphatic rings. The van der Waals surface area contributed by atoms with E-state index < -0.39 is 21.3 Å². The molecule has 0 spiro atoms. The summed E-state index contributed by atoms with van der Waals surface area (Å²) in [5.74, 6) is 0.554. The first-order chi connectivity index (χ1) is 16.0. The summed E-state index contributed by atoms with van der Waals surface area (Å²) in [4.78, 5) is 0. The van der Waals surface area contributed by atoms with Crippen LogP contribution in [0.3, 0.4) is 0 Å². The van der Waals surface area contributed by atoms with Gasteiger partial charge in [-0.1, -0.05) is 0 Å². The molecule has 0 nitrogen and oxygen atoms in total. The largest absolute Gasteiger partial charge is 0.147 e. The Balaban J connectivity index is 0.00000241. The second-order valence-electron chi connectivity index (χ2n) is 14.2. The van der Waals surface area contributed by atoms with Crippen molar-refractivity contribution >= 4 is 31.3 Å². The molecule has 2 aliphatic carbocycles. The minimum Gasteiger partial charge on any atom is -0.147 e. The van der Waals surface area contributed by atoms with Crippen molar-refractivity contribution in [1.82, 2.24) is 0 Å². The van der Waals surface area contributed by atoms with Gasteiger partial charge in [-0.25, -0.2) is 0 Å². The summed E-state index contributed by atoms with van der Waals surface area (Å²) in [5, 5.41) is 0. The van der Waals surface area contributed by atoms with Crippen LogP contribution in [0, 0.1) is 11.3 Å². The number of rotatable bonds is 2. The van der Waals surface area contributed by atoms with Crippen molar-refractivity contribution in [3.8, 4) is 11.1 Å². The van der Waals surface area contributed by atoms with Crippen LogP contribution in [0.5, 0.6) is 0 Å². The molecule has 0 saturated heterocycles. The maximum absolute atomic E-state index is 2.64. The smallest absolute Gasteiger partial charge is 0.147 e. The van der Waals surface area contributed by atoms with Crippen LogP contribution in [-0.4, -0.2) is 3.21 Å². The second kappa shape index (κ2) is 11.0. The quantitative estimate of drug-likeness (QED) is 0.268. The summed E-state index contributed by atoms with van der Waals surface area (Å²) in [5.41, 5.74) is 11.1. The average Bonchev–Trinajstić information content (AvgIpc) is 3.27. The van der Waals surface area contributed by atoms with E-state index in [0.29, 0.717) is 5.92 Å². The predicted octanol–water partition coefficient (Wildman–Crippen LogP) is 9.66. The Morgan fingerprint density at radius 1 is 0.757 bits per heavy atom. The SMILES string of the molecule is C[C](C)=[Zr]([C]1=CC(C(C)(C)C)=CC1C)[c]1cc(C(C)(C)C)cc2c1Cc1ccc(C(C)(C)C)cc1-2.Cl.Cl. The van der Waals surface area contributed by atoms with Crippen LogP contribution in [0.1, 0.15) is 105 Å². The molecule has 1 unspecified atom stereocenters. The molecule has 2 aromatic carbocycles. The molecular formula is C34H48Cl2Zr. The number of benzene rings is 2. The van der Waals surface area contributed by atoms with E-state index in [4.69, 9.17) is 0 Å². The fraction of sp³-hybridized carbons (Fsp3) is 0.500. The first-order valence-corrected chi connectivity index (χ1v) is 17.1. The van der Waals surface area contributed by atoms with Gasteiger partial charge in [0, 0.05) is 0 Å². The first-order valence-electron chi connectivity index (χ1n) is 13.4. The van der Waals surface area contributed by atoms with Crippen LogP contribution >= 0.6 is 24.8 Å². The summed E-state index contributed by atoms with van der Waals surface area (Å²) in [6.07, 6.45) is 6.26. The molecule has 0 amide bonds. The van der Waals surface area contributed by atoms with E-state index in [1.165, 1.54) is 33.4 Å². The van der Waals surface area contributed by atoms with Crippen molar-refractivity contribution in [1.29, 1.82) is 0 Å². The molecule has 2 aromatic rings. The summed E-state index contributed by atoms with van der Waals surface area (Å²) in [6, 6.07) is 12.5. The molecule has 37 heavy (non-hydrogen) atoms. The minimum absolute atomic E-state index is 0. The number of fused-ring (bicyclic) bond motifs is 3. The summed E-state index contributed by atoms with van der Waals surface area (Å²) >= 11 is -2.25. The van der Waals surface area contributed by atoms with E-state index >= 15 is 0 Å². The van der Waals surface area contributed by atoms with Crippen molar-refractivity contribution in [2.45, 2.75) is 100 Å². The summed E-state index contributed by atoms with van der Waals surface area (Å²) in [7, 11) is 0. The number of hydrogen-bond donors (Lipinski definition) is 0. The van der Waals surface area contributed by atoms with Gasteiger partial charge in [0.1, 0.15) is 0 Å². The van der Waals surface area contributed by atoms with E-state index in [9.17, 15) is 0 Å². The maximum atomic E-state index is 2.64. The average molecular weight is 619 g/mol. The van der Waals surface area contributed by atoms with Gasteiger partial charge in [0.15, 0.2) is 0 Å². The van der Waals surface area contributed by atoms with Gasteiger partial charge >= 0.3 is 224 Å². The van der Waals surface area contributed by atoms with Crippen molar-refractivity contribution in [2.24, 2.45) is 11.3 Å². The van der Waals surface area contributed by atoms with Gasteiger partial charge in [-0.3, -0.25) is 0 Å². The Morgan fingerprint density at radius 2 is 1.32 bits per heavy atom. The summed E-state index contributed by atoms with van der Waals surface area (Å²) < 4.78 is 5.18. The molecule has 1 atom stereocenters. The molecule has 4 rings (SSSR count). The topological polar surface area (TPSA) is 0 Å². The Bertz CT molecular complexity index is 1280. The standard InChI is InChI=1S/C21H25.C10H15.C3H6.2ClH.Zr/c1-20(2,3)16-9-7-14-11-15-8-10-17(21(4,5)6)13-19(15)18(14)12-16;1-8-5-6-9(7-8)10(2,3)4;1-3-2;;;/h7,9-10,12-13H,11H2,1-6H3;6-8H,1-4H3;1-2H3;2*1H;. The zero-order valence-electron chi connectivity index (χ0n) is 25.1. The van der Waals surface area contributed by atoms with Gasteiger partial charge in [-0.15, -0.1) is 24.8 Å². The Morgan fingerprint density at radius 3 is 1.81 bits per heavy atom. The van der Waals surface area contributed by atoms with Crippen LogP contribution in [-0.2, 0) is 38.5 Å².